The molecule has 1 aromatic heterocycles. The highest BCUT2D eigenvalue weighted by Crippen LogP contribution is 2.22. The molecule has 0 aliphatic heterocycles. The first-order valence-corrected chi connectivity index (χ1v) is 6.54. The number of halogens is 1. The molecule has 0 bridgehead atoms. The third-order valence-electron chi connectivity index (χ3n) is 3.38. The topological polar surface area (TPSA) is 78.9 Å². The molecule has 0 saturated heterocycles. The first-order valence-electron chi connectivity index (χ1n) is 6.54. The summed E-state index contributed by atoms with van der Waals surface area (Å²) in [6.07, 6.45) is 0. The van der Waals surface area contributed by atoms with Crippen molar-refractivity contribution >= 4 is 11.7 Å². The van der Waals surface area contributed by atoms with Gasteiger partial charge in [0.2, 0.25) is 0 Å². The number of rotatable bonds is 4. The van der Waals surface area contributed by atoms with Gasteiger partial charge in [-0.3, -0.25) is 5.41 Å². The van der Waals surface area contributed by atoms with Gasteiger partial charge in [-0.15, -0.1) is 5.10 Å². The van der Waals surface area contributed by atoms with Crippen LogP contribution < -0.4 is 10.6 Å². The van der Waals surface area contributed by atoms with Crippen LogP contribution in [0.1, 0.15) is 22.4 Å². The molecule has 1 heterocycles. The van der Waals surface area contributed by atoms with Crippen LogP contribution in [-0.4, -0.2) is 23.1 Å². The highest BCUT2D eigenvalue weighted by molar-refractivity contribution is 6.01. The molecule has 5 nitrogen and oxygen atoms in total. The van der Waals surface area contributed by atoms with E-state index < -0.39 is 0 Å². The Kier molecular flexibility index (Phi) is 4.16. The SMILES string of the molecule is Cc1nnc(N(C)Cc2cccc(F)c2)c(C(=N)N)c1C. The predicted octanol–water partition coefficient (Wildman–Crippen LogP) is 2.15. The molecule has 0 atom stereocenters. The minimum absolute atomic E-state index is 0.0495. The van der Waals surface area contributed by atoms with Crippen molar-refractivity contribution in [3.8, 4) is 0 Å². The molecule has 0 fully saturated rings. The van der Waals surface area contributed by atoms with Crippen molar-refractivity contribution in [3.05, 3.63) is 52.5 Å². The average molecular weight is 287 g/mol. The summed E-state index contributed by atoms with van der Waals surface area (Å²) in [5.74, 6) is 0.195. The van der Waals surface area contributed by atoms with Gasteiger partial charge >= 0.3 is 0 Å². The van der Waals surface area contributed by atoms with Gasteiger partial charge in [-0.25, -0.2) is 4.39 Å². The van der Waals surface area contributed by atoms with Crippen LogP contribution in [-0.2, 0) is 6.54 Å². The van der Waals surface area contributed by atoms with Crippen molar-refractivity contribution < 1.29 is 4.39 Å². The van der Waals surface area contributed by atoms with E-state index in [0.29, 0.717) is 17.9 Å². The van der Waals surface area contributed by atoms with Crippen LogP contribution in [0.5, 0.6) is 0 Å². The number of nitrogens with one attached hydrogen (secondary N) is 1. The van der Waals surface area contributed by atoms with Gasteiger partial charge in [0.25, 0.3) is 0 Å². The summed E-state index contributed by atoms with van der Waals surface area (Å²) in [4.78, 5) is 1.81. The zero-order valence-electron chi connectivity index (χ0n) is 12.3. The Hall–Kier alpha value is -2.50. The first kappa shape index (κ1) is 14.9. The molecular weight excluding hydrogens is 269 g/mol. The van der Waals surface area contributed by atoms with Crippen molar-refractivity contribution in [3.63, 3.8) is 0 Å². The number of hydrogen-bond donors (Lipinski definition) is 2. The van der Waals surface area contributed by atoms with E-state index >= 15 is 0 Å². The normalized spacial score (nSPS) is 10.5. The first-order chi connectivity index (χ1) is 9.90. The average Bonchev–Trinajstić information content (AvgIpc) is 2.41. The molecule has 0 saturated carbocycles. The summed E-state index contributed by atoms with van der Waals surface area (Å²) in [6, 6.07) is 6.37. The van der Waals surface area contributed by atoms with E-state index in [4.69, 9.17) is 11.1 Å². The van der Waals surface area contributed by atoms with Gasteiger partial charge in [0.1, 0.15) is 11.7 Å². The van der Waals surface area contributed by atoms with Crippen molar-refractivity contribution in [1.82, 2.24) is 10.2 Å². The molecule has 0 amide bonds. The summed E-state index contributed by atoms with van der Waals surface area (Å²) in [6.45, 7) is 4.14. The molecule has 0 aliphatic rings. The van der Waals surface area contributed by atoms with Crippen LogP contribution in [0.15, 0.2) is 24.3 Å². The zero-order chi connectivity index (χ0) is 15.6. The van der Waals surface area contributed by atoms with E-state index in [1.54, 1.807) is 6.07 Å². The Morgan fingerprint density at radius 3 is 2.67 bits per heavy atom. The van der Waals surface area contributed by atoms with Crippen molar-refractivity contribution in [1.29, 1.82) is 5.41 Å². The van der Waals surface area contributed by atoms with Gasteiger partial charge in [-0.2, -0.15) is 5.10 Å². The number of amidine groups is 1. The van der Waals surface area contributed by atoms with E-state index in [2.05, 4.69) is 10.2 Å². The predicted molar refractivity (Wildman–Crippen MR) is 81.0 cm³/mol. The molecule has 0 radical (unpaired) electrons. The highest BCUT2D eigenvalue weighted by Gasteiger charge is 2.17. The minimum atomic E-state index is -0.279. The van der Waals surface area contributed by atoms with Crippen molar-refractivity contribution in [2.45, 2.75) is 20.4 Å². The second-order valence-corrected chi connectivity index (χ2v) is 5.01. The lowest BCUT2D eigenvalue weighted by atomic mass is 10.1. The van der Waals surface area contributed by atoms with Gasteiger partial charge in [-0.1, -0.05) is 12.1 Å². The largest absolute Gasteiger partial charge is 0.384 e. The van der Waals surface area contributed by atoms with Crippen LogP contribution in [0.25, 0.3) is 0 Å². The smallest absolute Gasteiger partial charge is 0.162 e. The fourth-order valence-electron chi connectivity index (χ4n) is 2.17. The zero-order valence-corrected chi connectivity index (χ0v) is 12.3. The summed E-state index contributed by atoms with van der Waals surface area (Å²) in [7, 11) is 1.82. The molecule has 2 rings (SSSR count). The number of nitrogens with zero attached hydrogens (tertiary/aromatic N) is 3. The van der Waals surface area contributed by atoms with Gasteiger partial charge in [0.15, 0.2) is 5.82 Å². The van der Waals surface area contributed by atoms with E-state index in [1.807, 2.05) is 31.9 Å². The fraction of sp³-hybridized carbons (Fsp3) is 0.267. The van der Waals surface area contributed by atoms with Crippen LogP contribution in [0.4, 0.5) is 10.2 Å². The van der Waals surface area contributed by atoms with Gasteiger partial charge < -0.3 is 10.6 Å². The molecule has 110 valence electrons. The maximum Gasteiger partial charge on any atom is 0.162 e. The van der Waals surface area contributed by atoms with Crippen molar-refractivity contribution in [2.75, 3.05) is 11.9 Å². The maximum absolute atomic E-state index is 13.2. The Morgan fingerprint density at radius 2 is 2.05 bits per heavy atom. The Balaban J connectivity index is 2.37. The second-order valence-electron chi connectivity index (χ2n) is 5.01. The number of hydrogen-bond acceptors (Lipinski definition) is 4. The van der Waals surface area contributed by atoms with E-state index in [1.165, 1.54) is 12.1 Å². The molecule has 6 heteroatoms. The van der Waals surface area contributed by atoms with Crippen LogP contribution in [0.2, 0.25) is 0 Å². The van der Waals surface area contributed by atoms with Crippen molar-refractivity contribution in [2.24, 2.45) is 5.73 Å². The standard InChI is InChI=1S/C15H18FN5/c1-9-10(2)19-20-15(13(9)14(17)18)21(3)8-11-5-4-6-12(16)7-11/h4-7H,8H2,1-3H3,(H3,17,18). The number of aryl methyl sites for hydroxylation is 1. The fourth-order valence-corrected chi connectivity index (χ4v) is 2.17. The third kappa shape index (κ3) is 3.16. The molecule has 21 heavy (non-hydrogen) atoms. The summed E-state index contributed by atoms with van der Waals surface area (Å²) >= 11 is 0. The number of benzene rings is 1. The van der Waals surface area contributed by atoms with E-state index in [9.17, 15) is 4.39 Å². The molecule has 2 aromatic rings. The molecule has 1 aromatic carbocycles. The second kappa shape index (κ2) is 5.87. The molecule has 0 aliphatic carbocycles. The van der Waals surface area contributed by atoms with Gasteiger partial charge in [0.05, 0.1) is 11.3 Å². The minimum Gasteiger partial charge on any atom is -0.384 e. The number of aromatic nitrogens is 2. The third-order valence-corrected chi connectivity index (χ3v) is 3.38. The quantitative estimate of drug-likeness (QED) is 0.667. The lowest BCUT2D eigenvalue weighted by Gasteiger charge is -2.22. The summed E-state index contributed by atoms with van der Waals surface area (Å²) in [5, 5.41) is 16.0. The molecule has 0 unspecified atom stereocenters. The molecule has 0 spiro atoms. The van der Waals surface area contributed by atoms with Crippen LogP contribution in [0, 0.1) is 25.1 Å². The molecular formula is C15H18FN5. The van der Waals surface area contributed by atoms with E-state index in [0.717, 1.165) is 16.8 Å². The number of anilines is 1. The molecule has 3 N–H and O–H groups in total. The Labute approximate surface area is 123 Å². The lowest BCUT2D eigenvalue weighted by Crippen LogP contribution is -2.25. The lowest BCUT2D eigenvalue weighted by molar-refractivity contribution is 0.625. The van der Waals surface area contributed by atoms with Gasteiger partial charge in [-0.05, 0) is 37.1 Å². The Bertz CT molecular complexity index is 684. The van der Waals surface area contributed by atoms with Crippen LogP contribution in [0.3, 0.4) is 0 Å². The highest BCUT2D eigenvalue weighted by atomic mass is 19.1. The van der Waals surface area contributed by atoms with Gasteiger partial charge in [0, 0.05) is 13.6 Å². The van der Waals surface area contributed by atoms with Crippen LogP contribution >= 0.6 is 0 Å². The Morgan fingerprint density at radius 1 is 1.33 bits per heavy atom. The monoisotopic (exact) mass is 287 g/mol. The van der Waals surface area contributed by atoms with E-state index in [-0.39, 0.29) is 11.7 Å². The maximum atomic E-state index is 13.2. The summed E-state index contributed by atoms with van der Waals surface area (Å²) in [5.41, 5.74) is 8.62. The summed E-state index contributed by atoms with van der Waals surface area (Å²) < 4.78 is 13.2. The number of nitrogen functional groups attached to an aromatic ring is 1. The number of nitrogens with two attached hydrogens (primary N) is 1.